The zero-order chi connectivity index (χ0) is 21.8. The van der Waals surface area contributed by atoms with Gasteiger partial charge in [0.2, 0.25) is 0 Å². The zero-order valence-corrected chi connectivity index (χ0v) is 19.2. The molecule has 3 aromatic heterocycles. The minimum absolute atomic E-state index is 0. The van der Waals surface area contributed by atoms with Crippen molar-refractivity contribution in [2.75, 3.05) is 6.54 Å². The van der Waals surface area contributed by atoms with Crippen molar-refractivity contribution < 1.29 is 13.2 Å². The lowest BCUT2D eigenvalue weighted by Crippen LogP contribution is -2.24. The standard InChI is InChI=1S/C23H19F3N4O.2ClH/c1-29-20-6-8-27-13-18(20)17-4-3-16(11-21(17)29)30-9-7-14(10-22(30)31)19-5-2-15(12-28-19)23(24,25)26;;/h2-5,7,9-12,27H,6,8,13H2,1H3;2*1H. The molecule has 0 radical (unpaired) electrons. The monoisotopic (exact) mass is 496 g/mol. The summed E-state index contributed by atoms with van der Waals surface area (Å²) in [6, 6.07) is 11.2. The van der Waals surface area contributed by atoms with Crippen LogP contribution >= 0.6 is 24.8 Å². The van der Waals surface area contributed by atoms with Crippen molar-refractivity contribution in [1.29, 1.82) is 0 Å². The van der Waals surface area contributed by atoms with Gasteiger partial charge in [0.05, 0.1) is 22.5 Å². The lowest BCUT2D eigenvalue weighted by molar-refractivity contribution is -0.137. The summed E-state index contributed by atoms with van der Waals surface area (Å²) >= 11 is 0. The SMILES string of the molecule is Cl.Cl.Cn1c2c(c3ccc(-n4ccc(-c5ccc(C(F)(F)F)cn5)cc4=O)cc31)CNCC2. The Bertz CT molecular complexity index is 1360. The number of nitrogens with one attached hydrogen (secondary N) is 1. The summed E-state index contributed by atoms with van der Waals surface area (Å²) in [5, 5.41) is 4.57. The molecule has 0 bridgehead atoms. The first-order valence-corrected chi connectivity index (χ1v) is 9.90. The van der Waals surface area contributed by atoms with Crippen LogP contribution in [0.5, 0.6) is 0 Å². The Labute approximate surface area is 200 Å². The van der Waals surface area contributed by atoms with Crippen molar-refractivity contribution in [3.63, 3.8) is 0 Å². The quantitative estimate of drug-likeness (QED) is 0.429. The van der Waals surface area contributed by atoms with Crippen molar-refractivity contribution in [2.45, 2.75) is 19.1 Å². The molecule has 0 amide bonds. The van der Waals surface area contributed by atoms with Crippen LogP contribution in [0.3, 0.4) is 0 Å². The van der Waals surface area contributed by atoms with E-state index in [2.05, 4.69) is 14.9 Å². The molecule has 1 aliphatic rings. The van der Waals surface area contributed by atoms with Crippen LogP contribution in [-0.2, 0) is 26.2 Å². The third-order valence-electron chi connectivity index (χ3n) is 5.85. The topological polar surface area (TPSA) is 51.9 Å². The lowest BCUT2D eigenvalue weighted by atomic mass is 10.1. The number of alkyl halides is 3. The first-order valence-electron chi connectivity index (χ1n) is 9.90. The Morgan fingerprint density at radius 2 is 1.85 bits per heavy atom. The average Bonchev–Trinajstić information content (AvgIpc) is 3.05. The van der Waals surface area contributed by atoms with Crippen LogP contribution in [-0.4, -0.2) is 20.7 Å². The maximum absolute atomic E-state index is 12.8. The molecule has 0 saturated heterocycles. The highest BCUT2D eigenvalue weighted by molar-refractivity contribution is 5.87. The fourth-order valence-corrected chi connectivity index (χ4v) is 4.23. The molecule has 10 heteroatoms. The number of aromatic nitrogens is 3. The molecule has 1 aromatic carbocycles. The van der Waals surface area contributed by atoms with Gasteiger partial charge in [-0.3, -0.25) is 14.3 Å². The van der Waals surface area contributed by atoms with Crippen LogP contribution < -0.4 is 10.9 Å². The van der Waals surface area contributed by atoms with Crippen LogP contribution in [0, 0.1) is 0 Å². The first-order chi connectivity index (χ1) is 14.8. The number of pyridine rings is 2. The molecule has 4 aromatic rings. The molecular formula is C23H21Cl2F3N4O. The van der Waals surface area contributed by atoms with Crippen LogP contribution in [0.4, 0.5) is 13.2 Å². The van der Waals surface area contributed by atoms with Crippen molar-refractivity contribution in [1.82, 2.24) is 19.4 Å². The Morgan fingerprint density at radius 3 is 2.52 bits per heavy atom. The Hall–Kier alpha value is -2.81. The summed E-state index contributed by atoms with van der Waals surface area (Å²) in [5.41, 5.74) is 4.08. The molecule has 0 atom stereocenters. The van der Waals surface area contributed by atoms with E-state index >= 15 is 0 Å². The summed E-state index contributed by atoms with van der Waals surface area (Å²) < 4.78 is 41.9. The molecule has 5 nitrogen and oxygen atoms in total. The third-order valence-corrected chi connectivity index (χ3v) is 5.85. The molecule has 4 heterocycles. The van der Waals surface area contributed by atoms with Gasteiger partial charge in [0, 0.05) is 61.7 Å². The van der Waals surface area contributed by atoms with E-state index in [4.69, 9.17) is 0 Å². The molecule has 33 heavy (non-hydrogen) atoms. The van der Waals surface area contributed by atoms with Gasteiger partial charge in [0.25, 0.3) is 5.56 Å². The van der Waals surface area contributed by atoms with Gasteiger partial charge in [0.1, 0.15) is 0 Å². The molecule has 5 rings (SSSR count). The Balaban J connectivity index is 0.00000153. The van der Waals surface area contributed by atoms with E-state index in [1.165, 1.54) is 33.3 Å². The second-order valence-electron chi connectivity index (χ2n) is 7.67. The van der Waals surface area contributed by atoms with Gasteiger partial charge in [-0.1, -0.05) is 6.07 Å². The predicted molar refractivity (Wildman–Crippen MR) is 127 cm³/mol. The number of fused-ring (bicyclic) bond motifs is 3. The molecule has 174 valence electrons. The zero-order valence-electron chi connectivity index (χ0n) is 17.5. The van der Waals surface area contributed by atoms with Crippen molar-refractivity contribution in [3.05, 3.63) is 82.0 Å². The van der Waals surface area contributed by atoms with Crippen LogP contribution in [0.15, 0.2) is 59.7 Å². The number of aryl methyl sites for hydroxylation is 1. The van der Waals surface area contributed by atoms with Crippen LogP contribution in [0.25, 0.3) is 27.8 Å². The first kappa shape index (κ1) is 24.8. The fraction of sp³-hybridized carbons (Fsp3) is 0.217. The highest BCUT2D eigenvalue weighted by Gasteiger charge is 2.30. The van der Waals surface area contributed by atoms with Crippen LogP contribution in [0.2, 0.25) is 0 Å². The largest absolute Gasteiger partial charge is 0.417 e. The van der Waals surface area contributed by atoms with Crippen molar-refractivity contribution in [2.24, 2.45) is 7.05 Å². The molecule has 0 saturated carbocycles. The molecule has 0 aliphatic carbocycles. The summed E-state index contributed by atoms with van der Waals surface area (Å²) in [7, 11) is 2.04. The molecular weight excluding hydrogens is 476 g/mol. The Morgan fingerprint density at radius 1 is 1.06 bits per heavy atom. The minimum atomic E-state index is -4.44. The number of benzene rings is 1. The van der Waals surface area contributed by atoms with E-state index in [-0.39, 0.29) is 30.4 Å². The maximum Gasteiger partial charge on any atom is 0.417 e. The van der Waals surface area contributed by atoms with E-state index in [1.54, 1.807) is 12.3 Å². The van der Waals surface area contributed by atoms with E-state index in [9.17, 15) is 18.0 Å². The molecule has 0 spiro atoms. The number of rotatable bonds is 2. The maximum atomic E-state index is 12.8. The predicted octanol–water partition coefficient (Wildman–Crippen LogP) is 4.90. The minimum Gasteiger partial charge on any atom is -0.347 e. The van der Waals surface area contributed by atoms with Gasteiger partial charge in [-0.25, -0.2) is 0 Å². The molecule has 0 fully saturated rings. The number of nitrogens with zero attached hydrogens (tertiary/aromatic N) is 3. The second-order valence-corrected chi connectivity index (χ2v) is 7.67. The average molecular weight is 497 g/mol. The van der Waals surface area contributed by atoms with E-state index in [0.717, 1.165) is 43.0 Å². The van der Waals surface area contributed by atoms with Crippen LogP contribution in [0.1, 0.15) is 16.8 Å². The Kier molecular flexibility index (Phi) is 6.93. The second kappa shape index (κ2) is 9.21. The van der Waals surface area contributed by atoms with E-state index in [0.29, 0.717) is 11.3 Å². The van der Waals surface area contributed by atoms with Gasteiger partial charge in [-0.05, 0) is 35.9 Å². The summed E-state index contributed by atoms with van der Waals surface area (Å²) in [5.74, 6) is 0. The molecule has 0 unspecified atom stereocenters. The van der Waals surface area contributed by atoms with Gasteiger partial charge < -0.3 is 9.88 Å². The highest BCUT2D eigenvalue weighted by atomic mass is 35.5. The molecule has 1 N–H and O–H groups in total. The van der Waals surface area contributed by atoms with Gasteiger partial charge in [-0.15, -0.1) is 24.8 Å². The molecule has 1 aliphatic heterocycles. The fourth-order valence-electron chi connectivity index (χ4n) is 4.23. The normalized spacial score (nSPS) is 13.2. The number of hydrogen-bond acceptors (Lipinski definition) is 3. The van der Waals surface area contributed by atoms with Crippen molar-refractivity contribution in [3.8, 4) is 16.9 Å². The van der Waals surface area contributed by atoms with Gasteiger partial charge in [-0.2, -0.15) is 13.2 Å². The van der Waals surface area contributed by atoms with Gasteiger partial charge >= 0.3 is 6.18 Å². The summed E-state index contributed by atoms with van der Waals surface area (Å²) in [4.78, 5) is 16.7. The summed E-state index contributed by atoms with van der Waals surface area (Å²) in [6.45, 7) is 1.78. The number of hydrogen-bond donors (Lipinski definition) is 1. The smallest absolute Gasteiger partial charge is 0.347 e. The van der Waals surface area contributed by atoms with Gasteiger partial charge in [0.15, 0.2) is 0 Å². The van der Waals surface area contributed by atoms with Crippen molar-refractivity contribution >= 4 is 35.7 Å². The lowest BCUT2D eigenvalue weighted by Gasteiger charge is -2.14. The summed E-state index contributed by atoms with van der Waals surface area (Å²) in [6.07, 6.45) is -1.08. The van der Waals surface area contributed by atoms with E-state index < -0.39 is 11.7 Å². The highest BCUT2D eigenvalue weighted by Crippen LogP contribution is 2.30. The third kappa shape index (κ3) is 4.38. The number of halogens is 5. The van der Waals surface area contributed by atoms with E-state index in [1.807, 2.05) is 25.2 Å².